The first-order valence-corrected chi connectivity index (χ1v) is 9.24. The summed E-state index contributed by atoms with van der Waals surface area (Å²) in [6.45, 7) is 7.49. The number of sulfonamides is 1. The van der Waals surface area contributed by atoms with E-state index in [-0.39, 0.29) is 11.2 Å². The summed E-state index contributed by atoms with van der Waals surface area (Å²) in [6, 6.07) is 6.10. The number of anilines is 1. The van der Waals surface area contributed by atoms with E-state index >= 15 is 0 Å². The molecule has 5 heteroatoms. The molecule has 1 aliphatic heterocycles. The van der Waals surface area contributed by atoms with Gasteiger partial charge >= 0.3 is 0 Å². The summed E-state index contributed by atoms with van der Waals surface area (Å²) in [5.74, 6) is 0.180. The molecule has 0 atom stereocenters. The van der Waals surface area contributed by atoms with Crippen LogP contribution in [0.25, 0.3) is 0 Å². The van der Waals surface area contributed by atoms with Crippen molar-refractivity contribution >= 4 is 15.7 Å². The maximum Gasteiger partial charge on any atom is 0.211 e. The average Bonchev–Trinajstić information content (AvgIpc) is 2.42. The van der Waals surface area contributed by atoms with Crippen molar-refractivity contribution in [1.82, 2.24) is 4.72 Å². The molecule has 0 amide bonds. The van der Waals surface area contributed by atoms with Gasteiger partial charge in [-0.1, -0.05) is 39.0 Å². The van der Waals surface area contributed by atoms with E-state index in [9.17, 15) is 8.42 Å². The highest BCUT2D eigenvalue weighted by Gasteiger charge is 2.18. The summed E-state index contributed by atoms with van der Waals surface area (Å²) in [7, 11) is -3.22. The van der Waals surface area contributed by atoms with Gasteiger partial charge in [-0.25, -0.2) is 13.1 Å². The molecule has 0 saturated carbocycles. The van der Waals surface area contributed by atoms with Crippen LogP contribution < -0.4 is 10.0 Å². The molecule has 2 rings (SSSR count). The van der Waals surface area contributed by atoms with Crippen molar-refractivity contribution in [2.75, 3.05) is 17.6 Å². The Balaban J connectivity index is 2.00. The van der Waals surface area contributed by atoms with E-state index in [1.54, 1.807) is 0 Å². The molecule has 0 aliphatic carbocycles. The van der Waals surface area contributed by atoms with Crippen LogP contribution in [-0.2, 0) is 23.0 Å². The Labute approximate surface area is 128 Å². The van der Waals surface area contributed by atoms with E-state index in [2.05, 4.69) is 36.9 Å². The Hall–Kier alpha value is -1.07. The molecule has 2 N–H and O–H groups in total. The van der Waals surface area contributed by atoms with E-state index in [1.807, 2.05) is 12.1 Å². The molecule has 0 aromatic heterocycles. The van der Waals surface area contributed by atoms with Crippen molar-refractivity contribution in [3.8, 4) is 0 Å². The van der Waals surface area contributed by atoms with Gasteiger partial charge < -0.3 is 5.32 Å². The predicted octanol–water partition coefficient (Wildman–Crippen LogP) is 2.90. The fourth-order valence-corrected chi connectivity index (χ4v) is 3.83. The summed E-state index contributed by atoms with van der Waals surface area (Å²) in [5, 5.41) is 3.39. The summed E-state index contributed by atoms with van der Waals surface area (Å²) >= 11 is 0. The minimum atomic E-state index is -3.22. The molecule has 4 nitrogen and oxygen atoms in total. The molecule has 1 aliphatic rings. The second kappa shape index (κ2) is 6.36. The quantitative estimate of drug-likeness (QED) is 0.879. The van der Waals surface area contributed by atoms with Crippen LogP contribution in [0, 0.1) is 5.41 Å². The fraction of sp³-hybridized carbons (Fsp3) is 0.625. The van der Waals surface area contributed by atoms with Gasteiger partial charge in [0.25, 0.3) is 0 Å². The van der Waals surface area contributed by atoms with Crippen LogP contribution in [-0.4, -0.2) is 20.7 Å². The van der Waals surface area contributed by atoms with Crippen LogP contribution >= 0.6 is 0 Å². The van der Waals surface area contributed by atoms with Crippen LogP contribution in [0.4, 0.5) is 5.69 Å². The lowest BCUT2D eigenvalue weighted by molar-refractivity contribution is 0.396. The zero-order valence-corrected chi connectivity index (χ0v) is 14.0. The summed E-state index contributed by atoms with van der Waals surface area (Å²) in [5.41, 5.74) is 3.46. The third-order valence-corrected chi connectivity index (χ3v) is 5.09. The lowest BCUT2D eigenvalue weighted by Gasteiger charge is -2.22. The summed E-state index contributed by atoms with van der Waals surface area (Å²) < 4.78 is 26.9. The van der Waals surface area contributed by atoms with E-state index in [4.69, 9.17) is 0 Å². The van der Waals surface area contributed by atoms with Crippen molar-refractivity contribution in [1.29, 1.82) is 0 Å². The highest BCUT2D eigenvalue weighted by atomic mass is 32.2. The van der Waals surface area contributed by atoms with E-state index in [0.717, 1.165) is 30.6 Å². The molecule has 0 saturated heterocycles. The Morgan fingerprint density at radius 2 is 2.05 bits per heavy atom. The molecule has 1 aromatic rings. The van der Waals surface area contributed by atoms with E-state index in [1.165, 1.54) is 5.56 Å². The first kappa shape index (κ1) is 16.3. The molecule has 1 heterocycles. The highest BCUT2D eigenvalue weighted by molar-refractivity contribution is 7.89. The zero-order valence-electron chi connectivity index (χ0n) is 13.2. The topological polar surface area (TPSA) is 58.2 Å². The maximum atomic E-state index is 12.1. The van der Waals surface area contributed by atoms with E-state index < -0.39 is 10.0 Å². The van der Waals surface area contributed by atoms with Crippen molar-refractivity contribution < 1.29 is 8.42 Å². The average molecular weight is 310 g/mol. The first-order valence-electron chi connectivity index (χ1n) is 7.59. The fourth-order valence-electron chi connectivity index (χ4n) is 2.43. The molecular weight excluding hydrogens is 284 g/mol. The van der Waals surface area contributed by atoms with Gasteiger partial charge in [-0.05, 0) is 35.8 Å². The molecule has 0 radical (unpaired) electrons. The van der Waals surface area contributed by atoms with Crippen LogP contribution in [0.5, 0.6) is 0 Å². The standard InChI is InChI=1S/C16H26N2O2S/c1-16(2,3)9-11-21(19,20)18-12-14-7-4-6-13-8-5-10-17-15(13)14/h4,6-7,17-18H,5,8-12H2,1-3H3. The molecular formula is C16H26N2O2S. The van der Waals surface area contributed by atoms with Crippen molar-refractivity contribution in [2.45, 2.75) is 46.6 Å². The lowest BCUT2D eigenvalue weighted by Crippen LogP contribution is -2.28. The molecule has 0 fully saturated rings. The molecule has 0 unspecified atom stereocenters. The van der Waals surface area contributed by atoms with Crippen molar-refractivity contribution in [3.05, 3.63) is 29.3 Å². The van der Waals surface area contributed by atoms with Crippen LogP contribution in [0.15, 0.2) is 18.2 Å². The highest BCUT2D eigenvalue weighted by Crippen LogP contribution is 2.26. The number of aryl methyl sites for hydroxylation is 1. The zero-order chi connectivity index (χ0) is 15.5. The number of hydrogen-bond donors (Lipinski definition) is 2. The van der Waals surface area contributed by atoms with E-state index in [0.29, 0.717) is 13.0 Å². The first-order chi connectivity index (χ1) is 9.77. The Kier molecular flexibility index (Phi) is 4.94. The second-order valence-corrected chi connectivity index (χ2v) is 8.86. The SMILES string of the molecule is CC(C)(C)CCS(=O)(=O)NCc1cccc2c1NCCC2. The monoisotopic (exact) mass is 310 g/mol. The number of rotatable bonds is 5. The van der Waals surface area contributed by atoms with Gasteiger partial charge in [0.05, 0.1) is 5.75 Å². The van der Waals surface area contributed by atoms with Gasteiger partial charge in [-0.3, -0.25) is 0 Å². The third-order valence-electron chi connectivity index (χ3n) is 3.77. The minimum absolute atomic E-state index is 0.0300. The second-order valence-electron chi connectivity index (χ2n) is 6.93. The third kappa shape index (κ3) is 5.00. The molecule has 0 spiro atoms. The predicted molar refractivity (Wildman–Crippen MR) is 88.0 cm³/mol. The molecule has 0 bridgehead atoms. The van der Waals surface area contributed by atoms with Gasteiger partial charge in [0.1, 0.15) is 0 Å². The van der Waals surface area contributed by atoms with Gasteiger partial charge in [0.15, 0.2) is 0 Å². The normalized spacial score (nSPS) is 15.4. The van der Waals surface area contributed by atoms with Crippen LogP contribution in [0.1, 0.15) is 44.7 Å². The summed E-state index contributed by atoms with van der Waals surface area (Å²) in [4.78, 5) is 0. The Bertz CT molecular complexity index is 589. The van der Waals surface area contributed by atoms with Crippen molar-refractivity contribution in [2.24, 2.45) is 5.41 Å². The number of para-hydroxylation sites is 1. The lowest BCUT2D eigenvalue weighted by atomic mass is 9.94. The Morgan fingerprint density at radius 3 is 2.76 bits per heavy atom. The number of hydrogen-bond acceptors (Lipinski definition) is 3. The number of nitrogens with one attached hydrogen (secondary N) is 2. The summed E-state index contributed by atoms with van der Waals surface area (Å²) in [6.07, 6.45) is 2.86. The maximum absolute atomic E-state index is 12.1. The van der Waals surface area contributed by atoms with Gasteiger partial charge in [0, 0.05) is 18.8 Å². The van der Waals surface area contributed by atoms with Crippen LogP contribution in [0.3, 0.4) is 0 Å². The van der Waals surface area contributed by atoms with Gasteiger partial charge in [-0.2, -0.15) is 0 Å². The Morgan fingerprint density at radius 1 is 1.29 bits per heavy atom. The molecule has 118 valence electrons. The molecule has 21 heavy (non-hydrogen) atoms. The van der Waals surface area contributed by atoms with Crippen LogP contribution in [0.2, 0.25) is 0 Å². The molecule has 1 aromatic carbocycles. The smallest absolute Gasteiger partial charge is 0.211 e. The number of fused-ring (bicyclic) bond motifs is 1. The largest absolute Gasteiger partial charge is 0.385 e. The number of benzene rings is 1. The van der Waals surface area contributed by atoms with Gasteiger partial charge in [0.2, 0.25) is 10.0 Å². The van der Waals surface area contributed by atoms with Gasteiger partial charge in [-0.15, -0.1) is 0 Å². The van der Waals surface area contributed by atoms with Crippen molar-refractivity contribution in [3.63, 3.8) is 0 Å². The minimum Gasteiger partial charge on any atom is -0.385 e.